The van der Waals surface area contributed by atoms with Crippen LogP contribution in [0.3, 0.4) is 0 Å². The van der Waals surface area contributed by atoms with E-state index in [-0.39, 0.29) is 6.03 Å². The number of hydrogen-bond donors (Lipinski definition) is 2. The van der Waals surface area contributed by atoms with Crippen molar-refractivity contribution >= 4 is 17.7 Å². The molecule has 0 saturated heterocycles. The fourth-order valence-corrected chi connectivity index (χ4v) is 2.19. The molecule has 0 saturated carbocycles. The molecule has 0 aromatic heterocycles. The molecule has 0 aliphatic rings. The average molecular weight is 312 g/mol. The molecule has 0 fully saturated rings. The summed E-state index contributed by atoms with van der Waals surface area (Å²) >= 11 is 0. The summed E-state index contributed by atoms with van der Waals surface area (Å²) in [5, 5.41) is 5.46. The molecule has 120 valence electrons. The van der Waals surface area contributed by atoms with Gasteiger partial charge in [0.25, 0.3) is 0 Å². The number of anilines is 1. The Bertz CT molecular complexity index is 656. The smallest absolute Gasteiger partial charge is 0.339 e. The highest BCUT2D eigenvalue weighted by molar-refractivity contribution is 6.00. The van der Waals surface area contributed by atoms with Gasteiger partial charge < -0.3 is 15.4 Å². The zero-order chi connectivity index (χ0) is 16.5. The lowest BCUT2D eigenvalue weighted by Crippen LogP contribution is -2.30. The number of hydrogen-bond acceptors (Lipinski definition) is 3. The molecule has 0 aliphatic heterocycles. The van der Waals surface area contributed by atoms with Gasteiger partial charge in [-0.15, -0.1) is 0 Å². The second-order valence-corrected chi connectivity index (χ2v) is 5.01. The molecule has 5 nitrogen and oxygen atoms in total. The summed E-state index contributed by atoms with van der Waals surface area (Å²) in [6, 6.07) is 16.5. The van der Waals surface area contributed by atoms with E-state index in [2.05, 4.69) is 22.8 Å². The monoisotopic (exact) mass is 312 g/mol. The van der Waals surface area contributed by atoms with Crippen LogP contribution in [0.4, 0.5) is 10.5 Å². The molecule has 5 heteroatoms. The SMILES string of the molecule is COC(=O)c1ccccc1NC(=O)NCCCc1ccccc1. The van der Waals surface area contributed by atoms with Gasteiger partial charge in [-0.25, -0.2) is 9.59 Å². The third-order valence-corrected chi connectivity index (χ3v) is 3.35. The topological polar surface area (TPSA) is 67.4 Å². The third kappa shape index (κ3) is 5.14. The van der Waals surface area contributed by atoms with Crippen LogP contribution in [0.15, 0.2) is 54.6 Å². The van der Waals surface area contributed by atoms with Crippen LogP contribution in [-0.4, -0.2) is 25.7 Å². The summed E-state index contributed by atoms with van der Waals surface area (Å²) in [7, 11) is 1.31. The van der Waals surface area contributed by atoms with Crippen molar-refractivity contribution in [2.24, 2.45) is 0 Å². The van der Waals surface area contributed by atoms with Crippen molar-refractivity contribution in [1.29, 1.82) is 0 Å². The van der Waals surface area contributed by atoms with Crippen molar-refractivity contribution < 1.29 is 14.3 Å². The van der Waals surface area contributed by atoms with E-state index in [0.717, 1.165) is 12.8 Å². The quantitative estimate of drug-likeness (QED) is 0.635. The van der Waals surface area contributed by atoms with E-state index < -0.39 is 5.97 Å². The molecule has 2 rings (SSSR count). The molecule has 0 radical (unpaired) electrons. The number of para-hydroxylation sites is 1. The molecular formula is C18H20N2O3. The van der Waals surface area contributed by atoms with Gasteiger partial charge in [0, 0.05) is 6.54 Å². The van der Waals surface area contributed by atoms with E-state index in [4.69, 9.17) is 4.74 Å². The van der Waals surface area contributed by atoms with E-state index in [1.54, 1.807) is 24.3 Å². The molecule has 0 unspecified atom stereocenters. The van der Waals surface area contributed by atoms with Gasteiger partial charge in [-0.2, -0.15) is 0 Å². The van der Waals surface area contributed by atoms with Crippen molar-refractivity contribution in [3.05, 3.63) is 65.7 Å². The van der Waals surface area contributed by atoms with E-state index in [1.165, 1.54) is 12.7 Å². The first-order valence-electron chi connectivity index (χ1n) is 7.47. The number of esters is 1. The van der Waals surface area contributed by atoms with Crippen molar-refractivity contribution in [2.75, 3.05) is 19.0 Å². The second kappa shape index (κ2) is 8.58. The summed E-state index contributed by atoms with van der Waals surface area (Å²) < 4.78 is 4.70. The van der Waals surface area contributed by atoms with Crippen LogP contribution >= 0.6 is 0 Å². The number of carbonyl (C=O) groups is 2. The second-order valence-electron chi connectivity index (χ2n) is 5.01. The highest BCUT2D eigenvalue weighted by Gasteiger charge is 2.12. The lowest BCUT2D eigenvalue weighted by molar-refractivity contribution is 0.0602. The van der Waals surface area contributed by atoms with Crippen molar-refractivity contribution in [1.82, 2.24) is 5.32 Å². The molecule has 2 aromatic rings. The minimum atomic E-state index is -0.482. The largest absolute Gasteiger partial charge is 0.465 e. The fraction of sp³-hybridized carbons (Fsp3) is 0.222. The van der Waals surface area contributed by atoms with Crippen LogP contribution in [0.25, 0.3) is 0 Å². The highest BCUT2D eigenvalue weighted by atomic mass is 16.5. The molecule has 2 amide bonds. The van der Waals surface area contributed by atoms with Crippen LogP contribution in [0.2, 0.25) is 0 Å². The summed E-state index contributed by atoms with van der Waals surface area (Å²) in [5.74, 6) is -0.482. The minimum absolute atomic E-state index is 0.328. The molecular weight excluding hydrogens is 292 g/mol. The lowest BCUT2D eigenvalue weighted by Gasteiger charge is -2.10. The van der Waals surface area contributed by atoms with Crippen LogP contribution in [0.5, 0.6) is 0 Å². The maximum absolute atomic E-state index is 11.9. The Morgan fingerprint density at radius 1 is 1.00 bits per heavy atom. The number of nitrogens with one attached hydrogen (secondary N) is 2. The fourth-order valence-electron chi connectivity index (χ4n) is 2.19. The minimum Gasteiger partial charge on any atom is -0.465 e. The molecule has 0 heterocycles. The van der Waals surface area contributed by atoms with Gasteiger partial charge in [0.05, 0.1) is 18.4 Å². The number of amides is 2. The first-order valence-corrected chi connectivity index (χ1v) is 7.47. The molecule has 0 atom stereocenters. The number of ether oxygens (including phenoxy) is 1. The van der Waals surface area contributed by atoms with Crippen LogP contribution in [-0.2, 0) is 11.2 Å². The zero-order valence-electron chi connectivity index (χ0n) is 13.0. The van der Waals surface area contributed by atoms with E-state index in [0.29, 0.717) is 17.8 Å². The van der Waals surface area contributed by atoms with Gasteiger partial charge in [0.15, 0.2) is 0 Å². The number of benzene rings is 2. The Hall–Kier alpha value is -2.82. The van der Waals surface area contributed by atoms with Gasteiger partial charge in [-0.3, -0.25) is 0 Å². The number of urea groups is 1. The summed E-state index contributed by atoms with van der Waals surface area (Å²) in [4.78, 5) is 23.6. The van der Waals surface area contributed by atoms with Gasteiger partial charge in [0.2, 0.25) is 0 Å². The van der Waals surface area contributed by atoms with Crippen molar-refractivity contribution in [2.45, 2.75) is 12.8 Å². The Balaban J connectivity index is 1.80. The van der Waals surface area contributed by atoms with E-state index in [9.17, 15) is 9.59 Å². The molecule has 2 aromatic carbocycles. The predicted molar refractivity (Wildman–Crippen MR) is 89.6 cm³/mol. The molecule has 23 heavy (non-hydrogen) atoms. The number of carbonyl (C=O) groups excluding carboxylic acids is 2. The Kier molecular flexibility index (Phi) is 6.17. The molecule has 2 N–H and O–H groups in total. The van der Waals surface area contributed by atoms with E-state index >= 15 is 0 Å². The molecule has 0 spiro atoms. The predicted octanol–water partition coefficient (Wildman–Crippen LogP) is 3.23. The first-order chi connectivity index (χ1) is 11.2. The number of aryl methyl sites for hydroxylation is 1. The third-order valence-electron chi connectivity index (χ3n) is 3.35. The number of methoxy groups -OCH3 is 1. The highest BCUT2D eigenvalue weighted by Crippen LogP contribution is 2.15. The number of rotatable bonds is 6. The maximum Gasteiger partial charge on any atom is 0.339 e. The van der Waals surface area contributed by atoms with Gasteiger partial charge in [0.1, 0.15) is 0 Å². The van der Waals surface area contributed by atoms with Crippen LogP contribution in [0.1, 0.15) is 22.3 Å². The zero-order valence-corrected chi connectivity index (χ0v) is 13.0. The standard InChI is InChI=1S/C18H20N2O3/c1-23-17(21)15-11-5-6-12-16(15)20-18(22)19-13-7-10-14-8-3-2-4-9-14/h2-6,8-9,11-12H,7,10,13H2,1H3,(H2,19,20,22). The summed E-state index contributed by atoms with van der Waals surface area (Å²) in [6.07, 6.45) is 1.75. The van der Waals surface area contributed by atoms with Crippen LogP contribution in [0, 0.1) is 0 Å². The van der Waals surface area contributed by atoms with Crippen molar-refractivity contribution in [3.8, 4) is 0 Å². The molecule has 0 aliphatic carbocycles. The van der Waals surface area contributed by atoms with Crippen molar-refractivity contribution in [3.63, 3.8) is 0 Å². The maximum atomic E-state index is 11.9. The van der Waals surface area contributed by atoms with E-state index in [1.807, 2.05) is 18.2 Å². The Morgan fingerprint density at radius 3 is 2.43 bits per heavy atom. The average Bonchev–Trinajstić information content (AvgIpc) is 2.59. The van der Waals surface area contributed by atoms with Gasteiger partial charge >= 0.3 is 12.0 Å². The summed E-state index contributed by atoms with van der Waals surface area (Å²) in [5.41, 5.74) is 2.00. The lowest BCUT2D eigenvalue weighted by atomic mass is 10.1. The van der Waals surface area contributed by atoms with Gasteiger partial charge in [-0.05, 0) is 30.5 Å². The Morgan fingerprint density at radius 2 is 1.70 bits per heavy atom. The Labute approximate surface area is 135 Å². The normalized spacial score (nSPS) is 9.96. The van der Waals surface area contributed by atoms with Gasteiger partial charge in [-0.1, -0.05) is 42.5 Å². The summed E-state index contributed by atoms with van der Waals surface area (Å²) in [6.45, 7) is 0.557. The first kappa shape index (κ1) is 16.5. The molecule has 0 bridgehead atoms. The van der Waals surface area contributed by atoms with Crippen LogP contribution < -0.4 is 10.6 Å².